The molecule has 0 bridgehead atoms. The van der Waals surface area contributed by atoms with Gasteiger partial charge in [-0.25, -0.2) is 0 Å². The van der Waals surface area contributed by atoms with E-state index >= 15 is 0 Å². The molecule has 1 saturated heterocycles. The van der Waals surface area contributed by atoms with Crippen LogP contribution < -0.4 is 0 Å². The Balaban J connectivity index is 1.77. The van der Waals surface area contributed by atoms with Gasteiger partial charge in [-0.2, -0.15) is 11.8 Å². The van der Waals surface area contributed by atoms with Crippen LogP contribution in [-0.4, -0.2) is 66.6 Å². The first-order chi connectivity index (χ1) is 12.5. The number of nitrogens with zero attached hydrogens (tertiary/aromatic N) is 4. The highest BCUT2D eigenvalue weighted by molar-refractivity contribution is 7.98. The van der Waals surface area contributed by atoms with Gasteiger partial charge < -0.3 is 14.2 Å². The van der Waals surface area contributed by atoms with Gasteiger partial charge in [0.1, 0.15) is 11.5 Å². The summed E-state index contributed by atoms with van der Waals surface area (Å²) in [6.07, 6.45) is 4.60. The van der Waals surface area contributed by atoms with Gasteiger partial charge in [0.25, 0.3) is 6.54 Å². The van der Waals surface area contributed by atoms with E-state index in [0.717, 1.165) is 55.5 Å². The van der Waals surface area contributed by atoms with E-state index in [1.54, 1.807) is 11.8 Å². The maximum Gasteiger partial charge on any atom is 0.260 e. The predicted molar refractivity (Wildman–Crippen MR) is 106 cm³/mol. The van der Waals surface area contributed by atoms with E-state index < -0.39 is 0 Å². The Labute approximate surface area is 160 Å². The predicted octanol–water partition coefficient (Wildman–Crippen LogP) is 3.13. The lowest BCUT2D eigenvalue weighted by Crippen LogP contribution is -2.36. The summed E-state index contributed by atoms with van der Waals surface area (Å²) >= 11 is 1.75. The number of likely N-dealkylation sites (tertiary alicyclic amines) is 1. The standard InChI is InChI=1S/C18H30N4O3S/c1-20(2)13-16-7-8-17(25-16)15-26-12-9-19-18(14-22(23)24)21-10-5-3-4-6-11-21/h7-8H,3-6,9-15H2,1-2H3. The van der Waals surface area contributed by atoms with Crippen LogP contribution in [0.2, 0.25) is 0 Å². The molecule has 26 heavy (non-hydrogen) atoms. The van der Waals surface area contributed by atoms with Crippen LogP contribution in [0.25, 0.3) is 0 Å². The molecule has 2 heterocycles. The normalized spacial score (nSPS) is 16.1. The second kappa shape index (κ2) is 11.2. The van der Waals surface area contributed by atoms with Gasteiger partial charge in [0.2, 0.25) is 0 Å². The molecule has 0 spiro atoms. The number of rotatable bonds is 9. The molecule has 0 unspecified atom stereocenters. The lowest BCUT2D eigenvalue weighted by molar-refractivity contribution is -0.464. The van der Waals surface area contributed by atoms with Crippen molar-refractivity contribution in [3.8, 4) is 0 Å². The minimum absolute atomic E-state index is 0.170. The van der Waals surface area contributed by atoms with Crippen LogP contribution in [0.15, 0.2) is 21.5 Å². The number of hydrogen-bond donors (Lipinski definition) is 0. The van der Waals surface area contributed by atoms with Gasteiger partial charge in [-0.3, -0.25) is 15.1 Å². The van der Waals surface area contributed by atoms with Crippen molar-refractivity contribution in [3.63, 3.8) is 0 Å². The molecular weight excluding hydrogens is 352 g/mol. The third-order valence-electron chi connectivity index (χ3n) is 4.21. The Morgan fingerprint density at radius 1 is 1.27 bits per heavy atom. The zero-order valence-corrected chi connectivity index (χ0v) is 16.7. The summed E-state index contributed by atoms with van der Waals surface area (Å²) in [7, 11) is 4.03. The summed E-state index contributed by atoms with van der Waals surface area (Å²) < 4.78 is 5.79. The lowest BCUT2D eigenvalue weighted by atomic mass is 10.2. The van der Waals surface area contributed by atoms with Crippen LogP contribution in [0, 0.1) is 10.1 Å². The third kappa shape index (κ3) is 7.78. The summed E-state index contributed by atoms with van der Waals surface area (Å²) in [5, 5.41) is 11.0. The van der Waals surface area contributed by atoms with Gasteiger partial charge >= 0.3 is 0 Å². The lowest BCUT2D eigenvalue weighted by Gasteiger charge is -2.22. The van der Waals surface area contributed by atoms with E-state index in [1.807, 2.05) is 26.2 Å². The molecule has 0 radical (unpaired) electrons. The fourth-order valence-corrected chi connectivity index (χ4v) is 3.72. The van der Waals surface area contributed by atoms with Crippen LogP contribution in [0.1, 0.15) is 37.2 Å². The number of thioether (sulfide) groups is 1. The van der Waals surface area contributed by atoms with E-state index in [0.29, 0.717) is 12.4 Å². The molecule has 0 amide bonds. The molecular formula is C18H30N4O3S. The monoisotopic (exact) mass is 382 g/mol. The number of nitro groups is 1. The van der Waals surface area contributed by atoms with Crippen molar-refractivity contribution in [3.05, 3.63) is 33.8 Å². The highest BCUT2D eigenvalue weighted by Crippen LogP contribution is 2.16. The van der Waals surface area contributed by atoms with Crippen molar-refractivity contribution >= 4 is 17.6 Å². The Bertz CT molecular complexity index is 581. The van der Waals surface area contributed by atoms with Crippen LogP contribution in [0.5, 0.6) is 0 Å². The van der Waals surface area contributed by atoms with Crippen molar-refractivity contribution in [1.82, 2.24) is 9.80 Å². The van der Waals surface area contributed by atoms with E-state index in [4.69, 9.17) is 4.42 Å². The summed E-state index contributed by atoms with van der Waals surface area (Å²) in [6, 6.07) is 4.03. The zero-order valence-electron chi connectivity index (χ0n) is 15.9. The first kappa shape index (κ1) is 20.8. The van der Waals surface area contributed by atoms with Crippen LogP contribution in [0.3, 0.4) is 0 Å². The second-order valence-electron chi connectivity index (χ2n) is 6.85. The molecule has 2 rings (SSSR count). The third-order valence-corrected chi connectivity index (χ3v) is 5.17. The highest BCUT2D eigenvalue weighted by Gasteiger charge is 2.17. The Hall–Kier alpha value is -1.54. The molecule has 0 N–H and O–H groups in total. The largest absolute Gasteiger partial charge is 0.464 e. The Morgan fingerprint density at radius 2 is 1.96 bits per heavy atom. The maximum absolute atomic E-state index is 11.0. The average Bonchev–Trinajstić information content (AvgIpc) is 2.84. The van der Waals surface area contributed by atoms with Crippen molar-refractivity contribution in [2.24, 2.45) is 4.99 Å². The summed E-state index contributed by atoms with van der Waals surface area (Å²) in [5.41, 5.74) is 0. The smallest absolute Gasteiger partial charge is 0.260 e. The number of amidine groups is 1. The minimum atomic E-state index is -0.272. The summed E-state index contributed by atoms with van der Waals surface area (Å²) in [6.45, 7) is 3.02. The Kier molecular flexibility index (Phi) is 8.97. The van der Waals surface area contributed by atoms with Crippen molar-refractivity contribution in [1.29, 1.82) is 0 Å². The van der Waals surface area contributed by atoms with Gasteiger partial charge in [0.05, 0.1) is 18.8 Å². The fourth-order valence-electron chi connectivity index (χ4n) is 3.00. The maximum atomic E-state index is 11.0. The number of aliphatic imine (C=N–C) groups is 1. The van der Waals surface area contributed by atoms with Crippen molar-refractivity contribution in [2.75, 3.05) is 46.0 Å². The zero-order chi connectivity index (χ0) is 18.8. The van der Waals surface area contributed by atoms with E-state index in [-0.39, 0.29) is 11.5 Å². The molecule has 146 valence electrons. The highest BCUT2D eigenvalue weighted by atomic mass is 32.2. The quantitative estimate of drug-likeness (QED) is 0.215. The molecule has 7 nitrogen and oxygen atoms in total. The number of furan rings is 1. The Morgan fingerprint density at radius 3 is 2.62 bits per heavy atom. The van der Waals surface area contributed by atoms with Gasteiger partial charge in [-0.1, -0.05) is 12.8 Å². The van der Waals surface area contributed by atoms with Gasteiger partial charge in [0, 0.05) is 23.8 Å². The van der Waals surface area contributed by atoms with Gasteiger partial charge in [0.15, 0.2) is 5.84 Å². The topological polar surface area (TPSA) is 75.1 Å². The SMILES string of the molecule is CN(C)Cc1ccc(CSCCN=C(C[N+](=O)[O-])N2CCCCCC2)o1. The molecule has 0 aliphatic carbocycles. The van der Waals surface area contributed by atoms with Crippen LogP contribution in [0.4, 0.5) is 0 Å². The summed E-state index contributed by atoms with van der Waals surface area (Å²) in [5.74, 6) is 4.21. The molecule has 1 aliphatic rings. The molecule has 1 aromatic heterocycles. The fraction of sp³-hybridized carbons (Fsp3) is 0.722. The minimum Gasteiger partial charge on any atom is -0.464 e. The molecule has 0 saturated carbocycles. The van der Waals surface area contributed by atoms with Crippen LogP contribution >= 0.6 is 11.8 Å². The van der Waals surface area contributed by atoms with E-state index in [2.05, 4.69) is 14.8 Å². The van der Waals surface area contributed by atoms with Crippen LogP contribution in [-0.2, 0) is 12.3 Å². The number of hydrogen-bond acceptors (Lipinski definition) is 6. The van der Waals surface area contributed by atoms with E-state index in [9.17, 15) is 10.1 Å². The van der Waals surface area contributed by atoms with Crippen molar-refractivity contribution in [2.45, 2.75) is 38.0 Å². The molecule has 0 atom stereocenters. The second-order valence-corrected chi connectivity index (χ2v) is 7.95. The molecule has 1 aliphatic heterocycles. The van der Waals surface area contributed by atoms with Gasteiger partial charge in [-0.05, 0) is 39.1 Å². The molecule has 1 aromatic rings. The van der Waals surface area contributed by atoms with E-state index in [1.165, 1.54) is 12.8 Å². The molecule has 1 fully saturated rings. The summed E-state index contributed by atoms with van der Waals surface area (Å²) in [4.78, 5) is 19.4. The first-order valence-electron chi connectivity index (χ1n) is 9.24. The molecule has 0 aromatic carbocycles. The van der Waals surface area contributed by atoms with Crippen molar-refractivity contribution < 1.29 is 9.34 Å². The van der Waals surface area contributed by atoms with Gasteiger partial charge in [-0.15, -0.1) is 0 Å². The molecule has 8 heteroatoms. The average molecular weight is 383 g/mol. The first-order valence-corrected chi connectivity index (χ1v) is 10.4.